The van der Waals surface area contributed by atoms with Crippen LogP contribution in [-0.4, -0.2) is 19.5 Å². The summed E-state index contributed by atoms with van der Waals surface area (Å²) >= 11 is 0. The van der Waals surface area contributed by atoms with Crippen molar-refractivity contribution in [3.05, 3.63) is 36.2 Å². The van der Waals surface area contributed by atoms with E-state index >= 15 is 0 Å². The van der Waals surface area contributed by atoms with E-state index in [4.69, 9.17) is 10.5 Å². The normalized spacial score (nSPS) is 15.8. The highest BCUT2D eigenvalue weighted by Gasteiger charge is 2.25. The van der Waals surface area contributed by atoms with Crippen LogP contribution in [0, 0.1) is 0 Å². The lowest BCUT2D eigenvalue weighted by molar-refractivity contribution is 0.196. The molecule has 0 amide bonds. The monoisotopic (exact) mass is 240 g/mol. The Morgan fingerprint density at radius 3 is 2.44 bits per heavy atom. The molecule has 0 radical (unpaired) electrons. The SMILES string of the molecule is CC1=CN(S(=O)(=O)c2ccc(N)cc2)CO1. The maximum absolute atomic E-state index is 12.1. The molecule has 1 aliphatic heterocycles. The maximum atomic E-state index is 12.1. The topological polar surface area (TPSA) is 72.6 Å². The molecule has 2 rings (SSSR count). The smallest absolute Gasteiger partial charge is 0.266 e. The van der Waals surface area contributed by atoms with Crippen LogP contribution in [0.15, 0.2) is 41.1 Å². The first kappa shape index (κ1) is 10.8. The number of nitrogen functional groups attached to an aromatic ring is 1. The lowest BCUT2D eigenvalue weighted by atomic mass is 10.3. The van der Waals surface area contributed by atoms with Crippen molar-refractivity contribution < 1.29 is 13.2 Å². The van der Waals surface area contributed by atoms with E-state index in [0.29, 0.717) is 11.4 Å². The second-order valence-corrected chi connectivity index (χ2v) is 5.36. The maximum Gasteiger partial charge on any atom is 0.266 e. The van der Waals surface area contributed by atoms with Crippen molar-refractivity contribution in [2.75, 3.05) is 12.5 Å². The minimum atomic E-state index is -3.51. The van der Waals surface area contributed by atoms with Crippen LogP contribution in [0.5, 0.6) is 0 Å². The number of rotatable bonds is 2. The van der Waals surface area contributed by atoms with E-state index in [-0.39, 0.29) is 11.6 Å². The molecule has 0 unspecified atom stereocenters. The highest BCUT2D eigenvalue weighted by molar-refractivity contribution is 7.89. The molecular weight excluding hydrogens is 228 g/mol. The number of anilines is 1. The van der Waals surface area contributed by atoms with Gasteiger partial charge in [0.1, 0.15) is 5.76 Å². The average molecular weight is 240 g/mol. The van der Waals surface area contributed by atoms with Crippen LogP contribution in [0.2, 0.25) is 0 Å². The van der Waals surface area contributed by atoms with Gasteiger partial charge in [-0.05, 0) is 31.2 Å². The predicted molar refractivity (Wildman–Crippen MR) is 59.6 cm³/mol. The Morgan fingerprint density at radius 2 is 1.94 bits per heavy atom. The highest BCUT2D eigenvalue weighted by atomic mass is 32.2. The zero-order valence-electron chi connectivity index (χ0n) is 8.75. The van der Waals surface area contributed by atoms with Gasteiger partial charge in [-0.25, -0.2) is 12.7 Å². The van der Waals surface area contributed by atoms with Crippen molar-refractivity contribution >= 4 is 15.7 Å². The minimum absolute atomic E-state index is 0.0263. The largest absolute Gasteiger partial charge is 0.475 e. The van der Waals surface area contributed by atoms with Gasteiger partial charge in [0.15, 0.2) is 6.73 Å². The summed E-state index contributed by atoms with van der Waals surface area (Å²) in [5.41, 5.74) is 6.03. The van der Waals surface area contributed by atoms with Crippen LogP contribution in [0.4, 0.5) is 5.69 Å². The summed E-state index contributed by atoms with van der Waals surface area (Å²) in [6, 6.07) is 6.07. The number of ether oxygens (including phenoxy) is 1. The summed E-state index contributed by atoms with van der Waals surface area (Å²) in [6.07, 6.45) is 1.46. The average Bonchev–Trinajstić information content (AvgIpc) is 2.66. The summed E-state index contributed by atoms with van der Waals surface area (Å²) in [5, 5.41) is 0. The van der Waals surface area contributed by atoms with Crippen molar-refractivity contribution in [1.82, 2.24) is 4.31 Å². The molecule has 2 N–H and O–H groups in total. The molecule has 1 aliphatic rings. The van der Waals surface area contributed by atoms with Crippen LogP contribution in [0.1, 0.15) is 6.92 Å². The number of allylic oxidation sites excluding steroid dienone is 1. The van der Waals surface area contributed by atoms with Crippen LogP contribution < -0.4 is 5.73 Å². The number of sulfonamides is 1. The molecule has 1 aromatic rings. The molecule has 1 heterocycles. The first-order valence-electron chi connectivity index (χ1n) is 4.69. The number of nitrogens with two attached hydrogens (primary N) is 1. The molecule has 0 fully saturated rings. The van der Waals surface area contributed by atoms with Crippen molar-refractivity contribution in [1.29, 1.82) is 0 Å². The molecule has 0 atom stereocenters. The van der Waals surface area contributed by atoms with E-state index in [0.717, 1.165) is 4.31 Å². The van der Waals surface area contributed by atoms with Gasteiger partial charge in [0.2, 0.25) is 0 Å². The van der Waals surface area contributed by atoms with Gasteiger partial charge in [-0.3, -0.25) is 0 Å². The van der Waals surface area contributed by atoms with Crippen molar-refractivity contribution in [2.24, 2.45) is 0 Å². The summed E-state index contributed by atoms with van der Waals surface area (Å²) in [4.78, 5) is 0.205. The quantitative estimate of drug-likeness (QED) is 0.786. The van der Waals surface area contributed by atoms with E-state index < -0.39 is 10.0 Å². The molecule has 0 saturated heterocycles. The molecule has 16 heavy (non-hydrogen) atoms. The van der Waals surface area contributed by atoms with Gasteiger partial charge in [0.25, 0.3) is 10.0 Å². The summed E-state index contributed by atoms with van der Waals surface area (Å²) in [6.45, 7) is 1.73. The fraction of sp³-hybridized carbons (Fsp3) is 0.200. The second-order valence-electron chi connectivity index (χ2n) is 3.47. The first-order chi connectivity index (χ1) is 7.50. The van der Waals surface area contributed by atoms with Crippen LogP contribution in [0.25, 0.3) is 0 Å². The molecule has 0 aliphatic carbocycles. The Hall–Kier alpha value is -1.69. The van der Waals surface area contributed by atoms with Crippen molar-refractivity contribution in [3.63, 3.8) is 0 Å². The number of nitrogens with zero attached hydrogens (tertiary/aromatic N) is 1. The van der Waals surface area contributed by atoms with E-state index in [9.17, 15) is 8.42 Å². The lowest BCUT2D eigenvalue weighted by Gasteiger charge is -2.14. The molecule has 6 heteroatoms. The van der Waals surface area contributed by atoms with Gasteiger partial charge >= 0.3 is 0 Å². The fourth-order valence-electron chi connectivity index (χ4n) is 1.36. The standard InChI is InChI=1S/C10H12N2O3S/c1-8-6-12(7-15-8)16(13,14)10-4-2-9(11)3-5-10/h2-6H,7,11H2,1H3. The van der Waals surface area contributed by atoms with E-state index in [1.807, 2.05) is 0 Å². The van der Waals surface area contributed by atoms with Gasteiger partial charge in [0.05, 0.1) is 11.1 Å². The summed E-state index contributed by atoms with van der Waals surface area (Å²) < 4.78 is 30.3. The fourth-order valence-corrected chi connectivity index (χ4v) is 2.59. The summed E-state index contributed by atoms with van der Waals surface area (Å²) in [7, 11) is -3.51. The van der Waals surface area contributed by atoms with Gasteiger partial charge in [-0.2, -0.15) is 0 Å². The third-order valence-electron chi connectivity index (χ3n) is 2.23. The molecule has 0 aromatic heterocycles. The van der Waals surface area contributed by atoms with Crippen LogP contribution in [-0.2, 0) is 14.8 Å². The van der Waals surface area contributed by atoms with E-state index in [1.54, 1.807) is 19.1 Å². The molecule has 0 bridgehead atoms. The molecule has 0 spiro atoms. The molecule has 1 aromatic carbocycles. The minimum Gasteiger partial charge on any atom is -0.475 e. The third kappa shape index (κ3) is 1.83. The second kappa shape index (κ2) is 3.71. The predicted octanol–water partition coefficient (Wildman–Crippen LogP) is 1.11. The van der Waals surface area contributed by atoms with Gasteiger partial charge in [-0.15, -0.1) is 0 Å². The van der Waals surface area contributed by atoms with Crippen LogP contribution >= 0.6 is 0 Å². The Labute approximate surface area is 94.2 Å². The number of benzene rings is 1. The van der Waals surface area contributed by atoms with E-state index in [1.165, 1.54) is 18.3 Å². The number of hydrogen-bond acceptors (Lipinski definition) is 4. The highest BCUT2D eigenvalue weighted by Crippen LogP contribution is 2.21. The Bertz CT molecular complexity index is 520. The lowest BCUT2D eigenvalue weighted by Crippen LogP contribution is -2.24. The summed E-state index contributed by atoms with van der Waals surface area (Å²) in [5.74, 6) is 0.582. The Morgan fingerprint density at radius 1 is 1.31 bits per heavy atom. The van der Waals surface area contributed by atoms with Crippen molar-refractivity contribution in [2.45, 2.75) is 11.8 Å². The van der Waals surface area contributed by atoms with Gasteiger partial charge in [-0.1, -0.05) is 0 Å². The zero-order valence-corrected chi connectivity index (χ0v) is 9.57. The number of hydrogen-bond donors (Lipinski definition) is 1. The van der Waals surface area contributed by atoms with Gasteiger partial charge < -0.3 is 10.5 Å². The third-order valence-corrected chi connectivity index (χ3v) is 3.93. The van der Waals surface area contributed by atoms with E-state index in [2.05, 4.69) is 0 Å². The molecular formula is C10H12N2O3S. The molecule has 5 nitrogen and oxygen atoms in total. The molecule has 86 valence electrons. The Balaban J connectivity index is 2.36. The zero-order chi connectivity index (χ0) is 11.8. The molecule has 0 saturated carbocycles. The van der Waals surface area contributed by atoms with Crippen molar-refractivity contribution in [3.8, 4) is 0 Å². The van der Waals surface area contributed by atoms with Gasteiger partial charge in [0, 0.05) is 5.69 Å². The first-order valence-corrected chi connectivity index (χ1v) is 6.13. The van der Waals surface area contributed by atoms with Crippen LogP contribution in [0.3, 0.4) is 0 Å². The Kier molecular flexibility index (Phi) is 2.51.